The summed E-state index contributed by atoms with van der Waals surface area (Å²) < 4.78 is 1.26. The van der Waals surface area contributed by atoms with Crippen LogP contribution < -0.4 is 33.0 Å². The zero-order chi connectivity index (χ0) is 29.6. The van der Waals surface area contributed by atoms with Crippen molar-refractivity contribution in [1.82, 2.24) is 20.2 Å². The first-order chi connectivity index (χ1) is 18.9. The largest absolute Gasteiger partial charge is 0.508 e. The molecule has 0 aliphatic carbocycles. The second kappa shape index (κ2) is 12.8. The van der Waals surface area contributed by atoms with Crippen molar-refractivity contribution in [2.75, 3.05) is 11.1 Å². The van der Waals surface area contributed by atoms with Crippen molar-refractivity contribution in [3.05, 3.63) is 69.6 Å². The number of amides is 2. The molecule has 0 spiro atoms. The number of aromatic hydroxyl groups is 1. The van der Waals surface area contributed by atoms with Crippen LogP contribution in [0, 0.1) is 5.41 Å². The number of carbonyl (C=O) groups excluding carboxylic acids is 2. The third kappa shape index (κ3) is 7.37. The van der Waals surface area contributed by atoms with Crippen LogP contribution in [0.1, 0.15) is 55.6 Å². The fraction of sp³-hybridized carbons (Fsp3) is 0.321. The van der Waals surface area contributed by atoms with Crippen LogP contribution in [0.2, 0.25) is 0 Å². The highest BCUT2D eigenvalue weighted by atomic mass is 16.3. The first kappa shape index (κ1) is 29.7. The normalized spacial score (nSPS) is 11.6. The predicted octanol–water partition coefficient (Wildman–Crippen LogP) is 2.15. The number of hydrogen-bond acceptors (Lipinski definition) is 8. The van der Waals surface area contributed by atoms with Crippen LogP contribution in [-0.4, -0.2) is 44.4 Å². The van der Waals surface area contributed by atoms with Gasteiger partial charge in [-0.05, 0) is 51.5 Å². The maximum Gasteiger partial charge on any atom is 0.294 e. The first-order valence-electron chi connectivity index (χ1n) is 12.9. The molecule has 2 aromatic carbocycles. The van der Waals surface area contributed by atoms with Gasteiger partial charge < -0.3 is 32.5 Å². The Balaban J connectivity index is 1.95. The second-order valence-electron chi connectivity index (χ2n) is 9.84. The molecule has 40 heavy (non-hydrogen) atoms. The number of nitrogen functional groups attached to an aromatic ring is 2. The summed E-state index contributed by atoms with van der Waals surface area (Å²) in [5.74, 6) is -1.05. The molecule has 0 saturated heterocycles. The lowest BCUT2D eigenvalue weighted by atomic mass is 10.1. The molecule has 0 aliphatic heterocycles. The molecular formula is C28H36N8O4. The Labute approximate surface area is 232 Å². The SMILES string of the molecule is CC[C@@H](C)NC(=O)c1cc(N)cc(-c2cnc(NC(C)C)c(=O)n2CC(=O)NCc2ccc(C(=N)N)cc2O)c1. The molecule has 3 aromatic rings. The van der Waals surface area contributed by atoms with Crippen molar-refractivity contribution in [3.63, 3.8) is 0 Å². The maximum absolute atomic E-state index is 13.4. The smallest absolute Gasteiger partial charge is 0.294 e. The first-order valence-corrected chi connectivity index (χ1v) is 12.9. The third-order valence-electron chi connectivity index (χ3n) is 6.16. The summed E-state index contributed by atoms with van der Waals surface area (Å²) in [6.07, 6.45) is 2.21. The Kier molecular flexibility index (Phi) is 9.49. The topological polar surface area (TPSA) is 201 Å². The van der Waals surface area contributed by atoms with E-state index in [9.17, 15) is 19.5 Å². The minimum absolute atomic E-state index is 0.0205. The Bertz CT molecular complexity index is 1480. The van der Waals surface area contributed by atoms with Gasteiger partial charge in [0, 0.05) is 46.6 Å². The Morgan fingerprint density at radius 1 is 1.12 bits per heavy atom. The lowest BCUT2D eigenvalue weighted by Crippen LogP contribution is -2.35. The highest BCUT2D eigenvalue weighted by molar-refractivity contribution is 5.97. The monoisotopic (exact) mass is 548 g/mol. The zero-order valence-corrected chi connectivity index (χ0v) is 23.0. The van der Waals surface area contributed by atoms with E-state index in [1.165, 1.54) is 16.8 Å². The van der Waals surface area contributed by atoms with E-state index in [-0.39, 0.29) is 48.5 Å². The lowest BCUT2D eigenvalue weighted by molar-refractivity contribution is -0.121. The molecule has 212 valence electrons. The zero-order valence-electron chi connectivity index (χ0n) is 23.0. The van der Waals surface area contributed by atoms with Gasteiger partial charge in [0.1, 0.15) is 18.1 Å². The third-order valence-corrected chi connectivity index (χ3v) is 6.16. The summed E-state index contributed by atoms with van der Waals surface area (Å²) >= 11 is 0. The number of nitrogens with two attached hydrogens (primary N) is 2. The highest BCUT2D eigenvalue weighted by Crippen LogP contribution is 2.24. The quantitative estimate of drug-likeness (QED) is 0.107. The van der Waals surface area contributed by atoms with E-state index in [1.807, 2.05) is 27.7 Å². The average Bonchev–Trinajstić information content (AvgIpc) is 2.89. The molecular weight excluding hydrogens is 512 g/mol. The van der Waals surface area contributed by atoms with Crippen molar-refractivity contribution in [1.29, 1.82) is 5.41 Å². The molecule has 0 unspecified atom stereocenters. The van der Waals surface area contributed by atoms with Crippen LogP contribution in [0.4, 0.5) is 11.5 Å². The maximum atomic E-state index is 13.4. The molecule has 0 bridgehead atoms. The van der Waals surface area contributed by atoms with E-state index in [0.29, 0.717) is 33.6 Å². The van der Waals surface area contributed by atoms with Gasteiger partial charge in [-0.15, -0.1) is 0 Å². The standard InChI is InChI=1S/C28H36N8O4/c1-5-16(4)35-27(39)20-8-19(9-21(29)10-20)22-13-33-26(34-15(2)3)28(40)36(22)14-24(38)32-12-18-7-6-17(25(30)31)11-23(18)37/h6-11,13,15-16,37H,5,12,14,29H2,1-4H3,(H3,30,31)(H,32,38)(H,33,34)(H,35,39)/t16-/m1/s1. The van der Waals surface area contributed by atoms with Gasteiger partial charge in [0.2, 0.25) is 5.91 Å². The molecule has 0 radical (unpaired) electrons. The van der Waals surface area contributed by atoms with Crippen LogP contribution in [0.5, 0.6) is 5.75 Å². The summed E-state index contributed by atoms with van der Waals surface area (Å²) in [5.41, 5.74) is 13.2. The molecule has 3 rings (SSSR count). The summed E-state index contributed by atoms with van der Waals surface area (Å²) in [4.78, 5) is 43.5. The number of rotatable bonds is 11. The number of anilines is 2. The summed E-state index contributed by atoms with van der Waals surface area (Å²) in [7, 11) is 0. The summed E-state index contributed by atoms with van der Waals surface area (Å²) in [6.45, 7) is 7.18. The van der Waals surface area contributed by atoms with Crippen molar-refractivity contribution in [3.8, 4) is 17.0 Å². The highest BCUT2D eigenvalue weighted by Gasteiger charge is 2.18. The van der Waals surface area contributed by atoms with Crippen LogP contribution >= 0.6 is 0 Å². The van der Waals surface area contributed by atoms with Gasteiger partial charge in [-0.25, -0.2) is 4.98 Å². The molecule has 12 nitrogen and oxygen atoms in total. The van der Waals surface area contributed by atoms with Crippen LogP contribution in [-0.2, 0) is 17.9 Å². The second-order valence-corrected chi connectivity index (χ2v) is 9.84. The number of nitrogens with zero attached hydrogens (tertiary/aromatic N) is 2. The number of amidine groups is 1. The molecule has 1 atom stereocenters. The van der Waals surface area contributed by atoms with Crippen LogP contribution in [0.3, 0.4) is 0 Å². The number of nitrogens with one attached hydrogen (secondary N) is 4. The number of carbonyl (C=O) groups is 2. The minimum atomic E-state index is -0.525. The van der Waals surface area contributed by atoms with Crippen molar-refractivity contribution < 1.29 is 14.7 Å². The van der Waals surface area contributed by atoms with Crippen molar-refractivity contribution >= 4 is 29.2 Å². The van der Waals surface area contributed by atoms with E-state index < -0.39 is 11.5 Å². The molecule has 9 N–H and O–H groups in total. The Hall–Kier alpha value is -4.87. The van der Waals surface area contributed by atoms with Crippen LogP contribution in [0.15, 0.2) is 47.4 Å². The molecule has 0 fully saturated rings. The number of benzene rings is 2. The van der Waals surface area contributed by atoms with Gasteiger partial charge in [0.25, 0.3) is 11.5 Å². The number of aromatic nitrogens is 2. The lowest BCUT2D eigenvalue weighted by Gasteiger charge is -2.17. The average molecular weight is 549 g/mol. The van der Waals surface area contributed by atoms with Gasteiger partial charge in [0.05, 0.1) is 11.9 Å². The van der Waals surface area contributed by atoms with Gasteiger partial charge >= 0.3 is 0 Å². The van der Waals surface area contributed by atoms with Gasteiger partial charge in [-0.1, -0.05) is 19.1 Å². The van der Waals surface area contributed by atoms with E-state index in [4.69, 9.17) is 16.9 Å². The van der Waals surface area contributed by atoms with E-state index in [1.54, 1.807) is 30.3 Å². The van der Waals surface area contributed by atoms with E-state index in [0.717, 1.165) is 6.42 Å². The summed E-state index contributed by atoms with van der Waals surface area (Å²) in [6, 6.07) is 9.08. The number of phenols is 1. The van der Waals surface area contributed by atoms with Gasteiger partial charge in [-0.3, -0.25) is 24.4 Å². The van der Waals surface area contributed by atoms with Crippen molar-refractivity contribution in [2.24, 2.45) is 5.73 Å². The minimum Gasteiger partial charge on any atom is -0.508 e. The molecule has 0 aliphatic rings. The molecule has 12 heteroatoms. The molecule has 1 heterocycles. The summed E-state index contributed by atoms with van der Waals surface area (Å²) in [5, 5.41) is 26.3. The fourth-order valence-corrected chi connectivity index (χ4v) is 3.86. The van der Waals surface area contributed by atoms with Gasteiger partial charge in [0.15, 0.2) is 5.82 Å². The molecule has 0 saturated carbocycles. The Morgan fingerprint density at radius 2 is 1.85 bits per heavy atom. The van der Waals surface area contributed by atoms with Gasteiger partial charge in [-0.2, -0.15) is 0 Å². The van der Waals surface area contributed by atoms with E-state index >= 15 is 0 Å². The molecule has 2 amide bonds. The fourth-order valence-electron chi connectivity index (χ4n) is 3.86. The predicted molar refractivity (Wildman–Crippen MR) is 155 cm³/mol. The van der Waals surface area contributed by atoms with Crippen molar-refractivity contribution in [2.45, 2.75) is 59.3 Å². The number of phenolic OH excluding ortho intramolecular Hbond substituents is 1. The van der Waals surface area contributed by atoms with Crippen LogP contribution in [0.25, 0.3) is 11.3 Å². The number of hydrogen-bond donors (Lipinski definition) is 7. The van der Waals surface area contributed by atoms with E-state index in [2.05, 4.69) is 20.9 Å². The molecule has 1 aromatic heterocycles. The Morgan fingerprint density at radius 3 is 2.48 bits per heavy atom.